The van der Waals surface area contributed by atoms with E-state index in [1.165, 1.54) is 12.1 Å². The molecular formula is C12H16N2O4. The molecule has 6 nitrogen and oxygen atoms in total. The Morgan fingerprint density at radius 1 is 1.44 bits per heavy atom. The molecule has 0 aliphatic heterocycles. The van der Waals surface area contributed by atoms with Crippen LogP contribution in [0.1, 0.15) is 30.1 Å². The number of rotatable bonds is 5. The number of nitrogens with one attached hydrogen (secondary N) is 1. The molecule has 0 aliphatic carbocycles. The molecular weight excluding hydrogens is 236 g/mol. The Bertz CT molecular complexity index is 459. The minimum absolute atomic E-state index is 0.122. The van der Waals surface area contributed by atoms with Gasteiger partial charge in [-0.05, 0) is 24.6 Å². The number of carbonyl (C=O) groups is 2. The first kappa shape index (κ1) is 14.0. The number of benzene rings is 1. The summed E-state index contributed by atoms with van der Waals surface area (Å²) in [5.74, 6) is -1.85. The first-order valence-corrected chi connectivity index (χ1v) is 5.58. The normalized spacial score (nSPS) is 11.9. The van der Waals surface area contributed by atoms with Gasteiger partial charge in [-0.1, -0.05) is 13.3 Å². The molecule has 1 amide bonds. The third-order valence-electron chi connectivity index (χ3n) is 2.43. The van der Waals surface area contributed by atoms with E-state index in [1.54, 1.807) is 0 Å². The number of aromatic carboxylic acids is 1. The molecule has 0 aromatic heterocycles. The highest BCUT2D eigenvalue weighted by molar-refractivity contribution is 6.02. The van der Waals surface area contributed by atoms with E-state index in [-0.39, 0.29) is 17.0 Å². The monoisotopic (exact) mass is 252 g/mol. The van der Waals surface area contributed by atoms with Crippen LogP contribution in [0.5, 0.6) is 5.75 Å². The Morgan fingerprint density at radius 3 is 2.67 bits per heavy atom. The van der Waals surface area contributed by atoms with Crippen molar-refractivity contribution >= 4 is 17.6 Å². The van der Waals surface area contributed by atoms with Crippen molar-refractivity contribution in [1.82, 2.24) is 0 Å². The van der Waals surface area contributed by atoms with Gasteiger partial charge in [-0.15, -0.1) is 0 Å². The quantitative estimate of drug-likeness (QED) is 0.587. The number of anilines is 1. The molecule has 0 heterocycles. The molecule has 1 atom stereocenters. The summed E-state index contributed by atoms with van der Waals surface area (Å²) in [7, 11) is 0. The van der Waals surface area contributed by atoms with Gasteiger partial charge in [0.2, 0.25) is 5.91 Å². The number of phenolic OH excluding ortho intramolecular Hbond substituents is 1. The topological polar surface area (TPSA) is 113 Å². The fourth-order valence-corrected chi connectivity index (χ4v) is 1.49. The summed E-state index contributed by atoms with van der Waals surface area (Å²) >= 11 is 0. The van der Waals surface area contributed by atoms with Crippen LogP contribution in [0, 0.1) is 0 Å². The van der Waals surface area contributed by atoms with Crippen LogP contribution < -0.4 is 11.1 Å². The number of carboxylic acids is 1. The van der Waals surface area contributed by atoms with Crippen LogP contribution >= 0.6 is 0 Å². The summed E-state index contributed by atoms with van der Waals surface area (Å²) < 4.78 is 0. The predicted octanol–water partition coefficient (Wildman–Crippen LogP) is 1.16. The molecule has 98 valence electrons. The smallest absolute Gasteiger partial charge is 0.337 e. The molecule has 0 radical (unpaired) electrons. The van der Waals surface area contributed by atoms with Gasteiger partial charge in [-0.2, -0.15) is 0 Å². The minimum Gasteiger partial charge on any atom is -0.508 e. The summed E-state index contributed by atoms with van der Waals surface area (Å²) in [6.07, 6.45) is 1.28. The van der Waals surface area contributed by atoms with Crippen molar-refractivity contribution in [1.29, 1.82) is 0 Å². The van der Waals surface area contributed by atoms with E-state index in [0.717, 1.165) is 12.5 Å². The fraction of sp³-hybridized carbons (Fsp3) is 0.333. The van der Waals surface area contributed by atoms with E-state index in [0.29, 0.717) is 6.42 Å². The first-order chi connectivity index (χ1) is 8.45. The van der Waals surface area contributed by atoms with Crippen molar-refractivity contribution in [3.8, 4) is 5.75 Å². The highest BCUT2D eigenvalue weighted by Crippen LogP contribution is 2.21. The number of amides is 1. The van der Waals surface area contributed by atoms with Crippen LogP contribution in [0.4, 0.5) is 5.69 Å². The average Bonchev–Trinajstić information content (AvgIpc) is 2.31. The van der Waals surface area contributed by atoms with Crippen LogP contribution in [0.15, 0.2) is 18.2 Å². The van der Waals surface area contributed by atoms with Gasteiger partial charge in [0.05, 0.1) is 17.3 Å². The second-order valence-corrected chi connectivity index (χ2v) is 3.92. The average molecular weight is 252 g/mol. The lowest BCUT2D eigenvalue weighted by Crippen LogP contribution is -2.35. The number of hydrogen-bond donors (Lipinski definition) is 4. The molecule has 0 unspecified atom stereocenters. The summed E-state index contributed by atoms with van der Waals surface area (Å²) in [5, 5.41) is 20.6. The Balaban J connectivity index is 2.90. The van der Waals surface area contributed by atoms with Gasteiger partial charge in [0, 0.05) is 0 Å². The zero-order chi connectivity index (χ0) is 13.7. The molecule has 1 aromatic rings. The maximum Gasteiger partial charge on any atom is 0.337 e. The Morgan fingerprint density at radius 2 is 2.11 bits per heavy atom. The molecule has 0 bridgehead atoms. The number of nitrogens with two attached hydrogens (primary N) is 1. The Kier molecular flexibility index (Phi) is 4.67. The zero-order valence-corrected chi connectivity index (χ0v) is 10.0. The second-order valence-electron chi connectivity index (χ2n) is 3.92. The Labute approximate surface area is 104 Å². The summed E-state index contributed by atoms with van der Waals surface area (Å²) in [5.41, 5.74) is 5.57. The molecule has 0 spiro atoms. The summed E-state index contributed by atoms with van der Waals surface area (Å²) in [6, 6.07) is 3.02. The van der Waals surface area contributed by atoms with Gasteiger partial charge in [0.15, 0.2) is 0 Å². The number of carbonyl (C=O) groups excluding carboxylic acids is 1. The first-order valence-electron chi connectivity index (χ1n) is 5.58. The predicted molar refractivity (Wildman–Crippen MR) is 66.6 cm³/mol. The van der Waals surface area contributed by atoms with Crippen LogP contribution in [-0.4, -0.2) is 28.1 Å². The van der Waals surface area contributed by atoms with Crippen molar-refractivity contribution in [2.75, 3.05) is 5.32 Å². The lowest BCUT2D eigenvalue weighted by atomic mass is 10.1. The number of aromatic hydroxyl groups is 1. The molecule has 0 fully saturated rings. The van der Waals surface area contributed by atoms with E-state index in [9.17, 15) is 14.7 Å². The van der Waals surface area contributed by atoms with Crippen molar-refractivity contribution in [2.24, 2.45) is 5.73 Å². The maximum absolute atomic E-state index is 11.7. The van der Waals surface area contributed by atoms with Crippen molar-refractivity contribution in [2.45, 2.75) is 25.8 Å². The van der Waals surface area contributed by atoms with Crippen molar-refractivity contribution in [3.05, 3.63) is 23.8 Å². The second kappa shape index (κ2) is 6.02. The number of hydrogen-bond acceptors (Lipinski definition) is 4. The fourth-order valence-electron chi connectivity index (χ4n) is 1.49. The molecule has 5 N–H and O–H groups in total. The van der Waals surface area contributed by atoms with Crippen molar-refractivity contribution in [3.63, 3.8) is 0 Å². The van der Waals surface area contributed by atoms with E-state index >= 15 is 0 Å². The minimum atomic E-state index is -1.23. The summed E-state index contributed by atoms with van der Waals surface area (Å²) in [4.78, 5) is 22.6. The maximum atomic E-state index is 11.7. The van der Waals surface area contributed by atoms with E-state index in [2.05, 4.69) is 5.32 Å². The highest BCUT2D eigenvalue weighted by Gasteiger charge is 2.17. The SMILES string of the molecule is CCC[C@@H](N)C(=O)Nc1ccc(O)cc1C(=O)O. The van der Waals surface area contributed by atoms with E-state index < -0.39 is 17.9 Å². The molecule has 6 heteroatoms. The van der Waals surface area contributed by atoms with Crippen LogP contribution in [0.25, 0.3) is 0 Å². The van der Waals surface area contributed by atoms with Crippen LogP contribution in [0.2, 0.25) is 0 Å². The molecule has 1 rings (SSSR count). The standard InChI is InChI=1S/C12H16N2O4/c1-2-3-9(13)11(16)14-10-5-4-7(15)6-8(10)12(17)18/h4-6,9,15H,2-3,13H2,1H3,(H,14,16)(H,17,18)/t9-/m1/s1. The van der Waals surface area contributed by atoms with Gasteiger partial charge >= 0.3 is 5.97 Å². The molecule has 0 saturated heterocycles. The lowest BCUT2D eigenvalue weighted by molar-refractivity contribution is -0.117. The molecule has 1 aromatic carbocycles. The number of carboxylic acid groups (broad SMARTS) is 1. The van der Waals surface area contributed by atoms with Gasteiger partial charge in [0.1, 0.15) is 5.75 Å². The number of phenols is 1. The van der Waals surface area contributed by atoms with Gasteiger partial charge in [0.25, 0.3) is 0 Å². The van der Waals surface area contributed by atoms with Gasteiger partial charge in [-0.25, -0.2) is 4.79 Å². The summed E-state index contributed by atoms with van der Waals surface area (Å²) in [6.45, 7) is 1.90. The zero-order valence-electron chi connectivity index (χ0n) is 10.0. The third-order valence-corrected chi connectivity index (χ3v) is 2.43. The lowest BCUT2D eigenvalue weighted by Gasteiger charge is -2.13. The molecule has 18 heavy (non-hydrogen) atoms. The van der Waals surface area contributed by atoms with E-state index in [4.69, 9.17) is 10.8 Å². The Hall–Kier alpha value is -2.08. The largest absolute Gasteiger partial charge is 0.508 e. The molecule has 0 saturated carbocycles. The van der Waals surface area contributed by atoms with Crippen LogP contribution in [0.3, 0.4) is 0 Å². The third kappa shape index (κ3) is 3.46. The van der Waals surface area contributed by atoms with Gasteiger partial charge < -0.3 is 21.3 Å². The van der Waals surface area contributed by atoms with Crippen LogP contribution in [-0.2, 0) is 4.79 Å². The van der Waals surface area contributed by atoms with Crippen molar-refractivity contribution < 1.29 is 19.8 Å². The molecule has 0 aliphatic rings. The highest BCUT2D eigenvalue weighted by atomic mass is 16.4. The van der Waals surface area contributed by atoms with Gasteiger partial charge in [-0.3, -0.25) is 4.79 Å². The van der Waals surface area contributed by atoms with E-state index in [1.807, 2.05) is 6.92 Å².